The summed E-state index contributed by atoms with van der Waals surface area (Å²) in [7, 11) is -10.5. The number of hydroxylamine groups is 2. The van der Waals surface area contributed by atoms with Gasteiger partial charge >= 0.3 is 21.6 Å². The molecule has 4 aromatic rings. The maximum atomic E-state index is 13.8. The molecule has 8 rings (SSSR count). The fraction of sp³-hybridized carbons (Fsp3) is 0.632. The number of aromatic nitrogens is 8. The van der Waals surface area contributed by atoms with Gasteiger partial charge in [0.25, 0.3) is 22.9 Å². The highest BCUT2D eigenvalue weighted by molar-refractivity contribution is 7.47. The smallest absolute Gasteiger partial charge is 0.386 e. The molecule has 4 fully saturated rings. The Labute approximate surface area is 420 Å². The van der Waals surface area contributed by atoms with Gasteiger partial charge in [0.05, 0.1) is 98.4 Å². The highest BCUT2D eigenvalue weighted by atomic mass is 31.2. The van der Waals surface area contributed by atoms with Crippen molar-refractivity contribution in [3.05, 3.63) is 33.4 Å². The van der Waals surface area contributed by atoms with Gasteiger partial charge in [-0.3, -0.25) is 61.2 Å². The minimum Gasteiger partial charge on any atom is -0.386 e. The average Bonchev–Trinajstić information content (AvgIpc) is 4.19. The van der Waals surface area contributed by atoms with E-state index in [1.807, 2.05) is 0 Å². The number of aliphatic hydroxyl groups excluding tert-OH is 1. The summed E-state index contributed by atoms with van der Waals surface area (Å²) in [6, 6.07) is -1.50. The average molecular weight is 1110 g/mol. The van der Waals surface area contributed by atoms with Crippen molar-refractivity contribution in [2.75, 3.05) is 90.7 Å². The minimum absolute atomic E-state index is 0.00134. The third-order valence-electron chi connectivity index (χ3n) is 11.4. The Morgan fingerprint density at radius 2 is 1.12 bits per heavy atom. The maximum Gasteiger partial charge on any atom is 0.472 e. The molecule has 8 heterocycles. The SMILES string of the molecule is Nc1nc2c(ncn2[C@@H]2O[C@@H]3COP(=O)(O)OC4[C@@H](COP(=O)(O)O[C@@H]3C2O)O[C@@H](n2cnc3c(=O)[nH]c(N)nc32)[C@H]4NC(=O)CCOCCOCCOCCOCCOCCC(=O)ON2C(=O)CCC2=O)c(=O)[nH]1. The molecule has 0 radical (unpaired) electrons. The third-order valence-corrected chi connectivity index (χ3v) is 13.3. The zero-order valence-electron chi connectivity index (χ0n) is 39.3. The summed E-state index contributed by atoms with van der Waals surface area (Å²) in [6.45, 7) is -0.501. The molecule has 0 spiro atoms. The van der Waals surface area contributed by atoms with Gasteiger partial charge in [-0.2, -0.15) is 9.97 Å². The van der Waals surface area contributed by atoms with Crippen molar-refractivity contribution in [3.8, 4) is 0 Å². The predicted octanol–water partition coefficient (Wildman–Crippen LogP) is -3.45. The number of nitrogens with zero attached hydrogens (tertiary/aromatic N) is 7. The third kappa shape index (κ3) is 13.8. The summed E-state index contributed by atoms with van der Waals surface area (Å²) >= 11 is 0. The van der Waals surface area contributed by atoms with Gasteiger partial charge in [0.1, 0.15) is 36.6 Å². The van der Waals surface area contributed by atoms with E-state index >= 15 is 0 Å². The van der Waals surface area contributed by atoms with E-state index in [4.69, 9.17) is 67.6 Å². The van der Waals surface area contributed by atoms with Crippen LogP contribution < -0.4 is 27.9 Å². The van der Waals surface area contributed by atoms with Gasteiger partial charge in [-0.1, -0.05) is 0 Å². The number of imidazole rings is 2. The molecule has 4 saturated heterocycles. The number of nitrogens with one attached hydrogen (secondary N) is 3. The van der Waals surface area contributed by atoms with Crippen molar-refractivity contribution < 1.29 is 99.3 Å². The molecule has 4 aliphatic heterocycles. The molecule has 37 heteroatoms. The Bertz CT molecular complexity index is 2900. The van der Waals surface area contributed by atoms with Crippen LogP contribution in [0.4, 0.5) is 11.9 Å². The normalized spacial score (nSPS) is 28.3. The number of phosphoric ester groups is 2. The number of ether oxygens (including phenoxy) is 7. The number of rotatable bonds is 22. The van der Waals surface area contributed by atoms with Crippen LogP contribution in [0.2, 0.25) is 0 Å². The number of nitrogens with two attached hydrogens (primary N) is 2. The Morgan fingerprint density at radius 3 is 1.64 bits per heavy atom. The number of amides is 3. The number of phosphoric acid groups is 2. The molecular formula is C38H52N12O23P2. The number of hydrogen-bond donors (Lipinski definition) is 8. The second-order valence-corrected chi connectivity index (χ2v) is 19.4. The van der Waals surface area contributed by atoms with Crippen LogP contribution in [-0.4, -0.2) is 199 Å². The van der Waals surface area contributed by atoms with Crippen LogP contribution in [-0.2, 0) is 84.4 Å². The van der Waals surface area contributed by atoms with Gasteiger partial charge < -0.3 is 69.7 Å². The molecule has 4 unspecified atom stereocenters. The monoisotopic (exact) mass is 1110 g/mol. The lowest BCUT2D eigenvalue weighted by Crippen LogP contribution is -2.48. The first-order valence-corrected chi connectivity index (χ1v) is 25.9. The lowest BCUT2D eigenvalue weighted by atomic mass is 10.1. The molecule has 0 aromatic carbocycles. The summed E-state index contributed by atoms with van der Waals surface area (Å²) in [4.78, 5) is 121. The number of anilines is 2. The Balaban J connectivity index is 0.812. The predicted molar refractivity (Wildman–Crippen MR) is 243 cm³/mol. The van der Waals surface area contributed by atoms with E-state index in [1.165, 1.54) is 4.57 Å². The molecule has 412 valence electrons. The quantitative estimate of drug-likeness (QED) is 0.0215. The minimum atomic E-state index is -5.28. The van der Waals surface area contributed by atoms with Crippen molar-refractivity contribution in [3.63, 3.8) is 0 Å². The molecule has 4 aromatic heterocycles. The summed E-state index contributed by atoms with van der Waals surface area (Å²) in [5.74, 6) is -3.25. The lowest BCUT2D eigenvalue weighted by Gasteiger charge is -2.29. The standard InChI is InChI=1S/C38H52N12O23P2/c39-37-44-31-26(33(56)46-37)41-17-48(31)35-25(43-21(51)3-5-62-7-9-64-11-13-66-14-12-65-10-8-63-6-4-24(54)71-50-22(52)1-2-23(50)53)29-19(69-35)15-67-75(60,61)73-30-20(16-68-74(58,59)72-29)70-36(28(30)55)49-18-42-27-32(49)45-38(40)47-34(27)57/h17-20,25,28-30,35-36,55H,1-16H2,(H,43,51)(H,58,59)(H,60,61)(H3,39,44,46,56)(H3,40,45,47,57)/t19-,20-,25+,28?,29?,30+,35-,36-/m1/s1. The molecule has 0 aliphatic carbocycles. The van der Waals surface area contributed by atoms with Gasteiger partial charge in [0.2, 0.25) is 17.8 Å². The van der Waals surface area contributed by atoms with E-state index in [-0.39, 0.29) is 126 Å². The largest absolute Gasteiger partial charge is 0.472 e. The molecule has 3 amide bonds. The summed E-state index contributed by atoms with van der Waals surface area (Å²) in [5, 5.41) is 14.5. The molecule has 10 atom stereocenters. The van der Waals surface area contributed by atoms with E-state index in [0.29, 0.717) is 5.06 Å². The fourth-order valence-corrected chi connectivity index (χ4v) is 9.87. The number of H-pyrrole nitrogens is 2. The van der Waals surface area contributed by atoms with Crippen LogP contribution in [0.25, 0.3) is 22.3 Å². The van der Waals surface area contributed by atoms with E-state index in [0.717, 1.165) is 17.2 Å². The van der Waals surface area contributed by atoms with Crippen LogP contribution in [0.3, 0.4) is 0 Å². The molecule has 0 saturated carbocycles. The topological polar surface area (TPSA) is 468 Å². The molecular weight excluding hydrogens is 1050 g/mol. The zero-order chi connectivity index (χ0) is 53.4. The molecule has 75 heavy (non-hydrogen) atoms. The Hall–Kier alpha value is -5.72. The highest BCUT2D eigenvalue weighted by Gasteiger charge is 2.55. The summed E-state index contributed by atoms with van der Waals surface area (Å²) in [5.41, 5.74) is 9.33. The van der Waals surface area contributed by atoms with Crippen LogP contribution in [0.5, 0.6) is 0 Å². The second-order valence-electron chi connectivity index (χ2n) is 16.5. The van der Waals surface area contributed by atoms with E-state index < -0.39 is 113 Å². The number of aliphatic hydroxyl groups is 1. The molecule has 0 bridgehead atoms. The lowest BCUT2D eigenvalue weighted by molar-refractivity contribution is -0.198. The number of fused-ring (bicyclic) bond motifs is 4. The summed E-state index contributed by atoms with van der Waals surface area (Å²) < 4.78 is 90.5. The maximum absolute atomic E-state index is 13.8. The first-order chi connectivity index (χ1) is 35.9. The zero-order valence-corrected chi connectivity index (χ0v) is 41.1. The summed E-state index contributed by atoms with van der Waals surface area (Å²) in [6.07, 6.45) is -9.91. The Kier molecular flexibility index (Phi) is 18.1. The van der Waals surface area contributed by atoms with Gasteiger partial charge in [-0.05, 0) is 0 Å². The molecule has 4 aliphatic rings. The first-order valence-electron chi connectivity index (χ1n) is 22.9. The van der Waals surface area contributed by atoms with Crippen LogP contribution in [0.1, 0.15) is 38.1 Å². The molecule has 10 N–H and O–H groups in total. The van der Waals surface area contributed by atoms with Crippen LogP contribution in [0.15, 0.2) is 22.2 Å². The highest BCUT2D eigenvalue weighted by Crippen LogP contribution is 2.53. The van der Waals surface area contributed by atoms with E-state index in [1.54, 1.807) is 0 Å². The van der Waals surface area contributed by atoms with Gasteiger partial charge in [0, 0.05) is 19.3 Å². The van der Waals surface area contributed by atoms with Gasteiger partial charge in [-0.25, -0.2) is 23.9 Å². The number of nitrogen functional groups attached to an aromatic ring is 2. The van der Waals surface area contributed by atoms with Crippen molar-refractivity contribution >= 4 is 73.6 Å². The number of imide groups is 1. The van der Waals surface area contributed by atoms with Gasteiger partial charge in [-0.15, -0.1) is 5.06 Å². The number of hydrogen-bond acceptors (Lipinski definition) is 27. The van der Waals surface area contributed by atoms with Crippen LogP contribution in [0, 0.1) is 0 Å². The molecule has 35 nitrogen and oxygen atoms in total. The number of aromatic amines is 2. The fourth-order valence-electron chi connectivity index (χ4n) is 7.94. The Morgan fingerprint density at radius 1 is 0.680 bits per heavy atom. The van der Waals surface area contributed by atoms with Crippen molar-refractivity contribution in [1.82, 2.24) is 49.4 Å². The number of carbonyl (C=O) groups is 4. The second kappa shape index (κ2) is 24.5. The van der Waals surface area contributed by atoms with E-state index in [9.17, 15) is 52.8 Å². The van der Waals surface area contributed by atoms with Crippen molar-refractivity contribution in [1.29, 1.82) is 0 Å². The first kappa shape index (κ1) is 55.5. The number of carbonyl (C=O) groups excluding carboxylic acids is 4. The van der Waals surface area contributed by atoms with Crippen molar-refractivity contribution in [2.45, 2.75) is 74.7 Å². The van der Waals surface area contributed by atoms with E-state index in [2.05, 4.69) is 35.2 Å². The van der Waals surface area contributed by atoms with Gasteiger partial charge in [0.15, 0.2) is 34.8 Å². The van der Waals surface area contributed by atoms with Crippen LogP contribution >= 0.6 is 15.6 Å². The van der Waals surface area contributed by atoms with Crippen molar-refractivity contribution in [2.24, 2.45) is 0 Å².